The van der Waals surface area contributed by atoms with Gasteiger partial charge in [-0.25, -0.2) is 4.68 Å². The standard InChI is InChI=1S/C21H21ClN4O3/c1-3-4-9-18(27)24-17-11-10-13(12-16(17)22)23-20(28)19-14-7-5-6-8-15(14)21(29)26(2)25-19/h5-8,10-12H,3-4,9H2,1-2H3,(H,23,28)(H,24,27). The molecule has 0 saturated carbocycles. The van der Waals surface area contributed by atoms with E-state index in [2.05, 4.69) is 15.7 Å². The van der Waals surface area contributed by atoms with Gasteiger partial charge in [-0.15, -0.1) is 0 Å². The zero-order valence-corrected chi connectivity index (χ0v) is 16.9. The van der Waals surface area contributed by atoms with Gasteiger partial charge in [-0.2, -0.15) is 5.10 Å². The first-order valence-electron chi connectivity index (χ1n) is 9.27. The Morgan fingerprint density at radius 1 is 1.10 bits per heavy atom. The summed E-state index contributed by atoms with van der Waals surface area (Å²) in [6.45, 7) is 2.01. The molecule has 2 N–H and O–H groups in total. The molecule has 3 aromatic rings. The average Bonchev–Trinajstić information content (AvgIpc) is 2.71. The summed E-state index contributed by atoms with van der Waals surface area (Å²) in [7, 11) is 1.50. The maximum absolute atomic E-state index is 12.8. The van der Waals surface area contributed by atoms with Gasteiger partial charge >= 0.3 is 0 Å². The lowest BCUT2D eigenvalue weighted by Crippen LogP contribution is -2.25. The number of benzene rings is 2. The zero-order valence-electron chi connectivity index (χ0n) is 16.2. The van der Waals surface area contributed by atoms with E-state index in [1.54, 1.807) is 42.5 Å². The van der Waals surface area contributed by atoms with E-state index < -0.39 is 5.91 Å². The van der Waals surface area contributed by atoms with Crippen molar-refractivity contribution in [2.24, 2.45) is 7.05 Å². The third-order valence-electron chi connectivity index (χ3n) is 4.43. The average molecular weight is 413 g/mol. The van der Waals surface area contributed by atoms with Gasteiger partial charge in [-0.1, -0.05) is 43.1 Å². The predicted molar refractivity (Wildman–Crippen MR) is 115 cm³/mol. The molecule has 29 heavy (non-hydrogen) atoms. The lowest BCUT2D eigenvalue weighted by atomic mass is 10.1. The molecule has 2 amide bonds. The minimum absolute atomic E-state index is 0.105. The van der Waals surface area contributed by atoms with Crippen molar-refractivity contribution in [3.05, 3.63) is 63.5 Å². The number of amides is 2. The van der Waals surface area contributed by atoms with Gasteiger partial charge in [0.25, 0.3) is 11.5 Å². The molecule has 2 aromatic carbocycles. The van der Waals surface area contributed by atoms with Crippen molar-refractivity contribution in [2.45, 2.75) is 26.2 Å². The van der Waals surface area contributed by atoms with Crippen LogP contribution in [0, 0.1) is 0 Å². The van der Waals surface area contributed by atoms with Crippen molar-refractivity contribution in [3.63, 3.8) is 0 Å². The molecule has 0 bridgehead atoms. The lowest BCUT2D eigenvalue weighted by molar-refractivity contribution is -0.116. The summed E-state index contributed by atoms with van der Waals surface area (Å²) < 4.78 is 1.14. The second-order valence-electron chi connectivity index (χ2n) is 6.62. The number of halogens is 1. The number of aromatic nitrogens is 2. The largest absolute Gasteiger partial charge is 0.325 e. The van der Waals surface area contributed by atoms with Crippen LogP contribution in [-0.4, -0.2) is 21.6 Å². The van der Waals surface area contributed by atoms with Crippen LogP contribution in [0.15, 0.2) is 47.3 Å². The highest BCUT2D eigenvalue weighted by Gasteiger charge is 2.16. The first-order valence-corrected chi connectivity index (χ1v) is 9.65. The van der Waals surface area contributed by atoms with Crippen molar-refractivity contribution in [1.82, 2.24) is 9.78 Å². The third-order valence-corrected chi connectivity index (χ3v) is 4.74. The minimum Gasteiger partial charge on any atom is -0.325 e. The van der Waals surface area contributed by atoms with Crippen molar-refractivity contribution in [3.8, 4) is 0 Å². The number of aryl methyl sites for hydroxylation is 1. The molecule has 0 atom stereocenters. The van der Waals surface area contributed by atoms with E-state index in [0.29, 0.717) is 33.6 Å². The summed E-state index contributed by atoms with van der Waals surface area (Å²) >= 11 is 6.25. The molecule has 0 aliphatic heterocycles. The number of unbranched alkanes of at least 4 members (excludes halogenated alkanes) is 1. The topological polar surface area (TPSA) is 93.1 Å². The molecule has 0 spiro atoms. The first-order chi connectivity index (χ1) is 13.9. The van der Waals surface area contributed by atoms with Gasteiger partial charge in [0.2, 0.25) is 5.91 Å². The van der Waals surface area contributed by atoms with E-state index in [0.717, 1.165) is 17.5 Å². The summed E-state index contributed by atoms with van der Waals surface area (Å²) in [5, 5.41) is 10.8. The van der Waals surface area contributed by atoms with Gasteiger partial charge < -0.3 is 10.6 Å². The van der Waals surface area contributed by atoms with Gasteiger partial charge in [0, 0.05) is 24.5 Å². The van der Waals surface area contributed by atoms with Crippen molar-refractivity contribution >= 4 is 45.6 Å². The Kier molecular flexibility index (Phi) is 6.29. The van der Waals surface area contributed by atoms with Gasteiger partial charge in [0.05, 0.1) is 16.1 Å². The molecule has 0 fully saturated rings. The lowest BCUT2D eigenvalue weighted by Gasteiger charge is -2.11. The number of anilines is 2. The van der Waals surface area contributed by atoms with Crippen molar-refractivity contribution in [2.75, 3.05) is 10.6 Å². The Morgan fingerprint density at radius 3 is 2.52 bits per heavy atom. The Bertz CT molecular complexity index is 1140. The van der Waals surface area contributed by atoms with Crippen LogP contribution in [0.25, 0.3) is 10.8 Å². The maximum Gasteiger partial charge on any atom is 0.276 e. The van der Waals surface area contributed by atoms with Crippen molar-refractivity contribution < 1.29 is 9.59 Å². The normalized spacial score (nSPS) is 10.7. The molecule has 0 unspecified atom stereocenters. The van der Waals surface area contributed by atoms with Crippen LogP contribution in [0.4, 0.5) is 11.4 Å². The van der Waals surface area contributed by atoms with Crippen LogP contribution in [0.3, 0.4) is 0 Å². The highest BCUT2D eigenvalue weighted by Crippen LogP contribution is 2.26. The van der Waals surface area contributed by atoms with Crippen LogP contribution in [-0.2, 0) is 11.8 Å². The minimum atomic E-state index is -0.465. The Balaban J connectivity index is 1.82. The molecule has 1 heterocycles. The van der Waals surface area contributed by atoms with Crippen LogP contribution in [0.2, 0.25) is 5.02 Å². The van der Waals surface area contributed by atoms with Gasteiger partial charge in [-0.05, 0) is 30.7 Å². The second-order valence-corrected chi connectivity index (χ2v) is 7.03. The molecule has 8 heteroatoms. The van der Waals surface area contributed by atoms with Gasteiger partial charge in [0.1, 0.15) is 0 Å². The third kappa shape index (κ3) is 4.63. The van der Waals surface area contributed by atoms with Crippen LogP contribution >= 0.6 is 11.6 Å². The SMILES string of the molecule is CCCCC(=O)Nc1ccc(NC(=O)c2nn(C)c(=O)c3ccccc23)cc1Cl. The molecular formula is C21H21ClN4O3. The zero-order chi connectivity index (χ0) is 21.0. The van der Waals surface area contributed by atoms with E-state index in [-0.39, 0.29) is 17.2 Å². The van der Waals surface area contributed by atoms with Crippen LogP contribution in [0.1, 0.15) is 36.7 Å². The molecule has 7 nitrogen and oxygen atoms in total. The quantitative estimate of drug-likeness (QED) is 0.640. The van der Waals surface area contributed by atoms with E-state index in [4.69, 9.17) is 11.6 Å². The molecule has 0 aliphatic carbocycles. The molecule has 1 aromatic heterocycles. The van der Waals surface area contributed by atoms with E-state index in [1.165, 1.54) is 7.05 Å². The van der Waals surface area contributed by atoms with Crippen LogP contribution in [0.5, 0.6) is 0 Å². The molecule has 0 radical (unpaired) electrons. The molecule has 0 saturated heterocycles. The van der Waals surface area contributed by atoms with E-state index in [9.17, 15) is 14.4 Å². The number of hydrogen-bond donors (Lipinski definition) is 2. The monoisotopic (exact) mass is 412 g/mol. The molecular weight excluding hydrogens is 392 g/mol. The van der Waals surface area contributed by atoms with Crippen molar-refractivity contribution in [1.29, 1.82) is 0 Å². The molecule has 3 rings (SSSR count). The number of fused-ring (bicyclic) bond motifs is 1. The summed E-state index contributed by atoms with van der Waals surface area (Å²) in [5.74, 6) is -0.570. The number of carbonyl (C=O) groups excluding carboxylic acids is 2. The number of rotatable bonds is 6. The highest BCUT2D eigenvalue weighted by molar-refractivity contribution is 6.34. The number of hydrogen-bond acceptors (Lipinski definition) is 4. The Morgan fingerprint density at radius 2 is 1.83 bits per heavy atom. The van der Waals surface area contributed by atoms with Gasteiger partial charge in [-0.3, -0.25) is 14.4 Å². The summed E-state index contributed by atoms with van der Waals surface area (Å²) in [5.41, 5.74) is 0.793. The predicted octanol–water partition coefficient (Wildman–Crippen LogP) is 3.97. The number of carbonyl (C=O) groups is 2. The fourth-order valence-electron chi connectivity index (χ4n) is 2.90. The Hall–Kier alpha value is -3.19. The fraction of sp³-hybridized carbons (Fsp3) is 0.238. The number of nitrogens with zero attached hydrogens (tertiary/aromatic N) is 2. The highest BCUT2D eigenvalue weighted by atomic mass is 35.5. The van der Waals surface area contributed by atoms with E-state index in [1.807, 2.05) is 6.92 Å². The summed E-state index contributed by atoms with van der Waals surface area (Å²) in [4.78, 5) is 36.9. The smallest absolute Gasteiger partial charge is 0.276 e. The van der Waals surface area contributed by atoms with Gasteiger partial charge in [0.15, 0.2) is 5.69 Å². The summed E-state index contributed by atoms with van der Waals surface area (Å²) in [6, 6.07) is 11.6. The number of nitrogens with one attached hydrogen (secondary N) is 2. The molecule has 0 aliphatic rings. The first kappa shape index (κ1) is 20.5. The van der Waals surface area contributed by atoms with Crippen LogP contribution < -0.4 is 16.2 Å². The summed E-state index contributed by atoms with van der Waals surface area (Å²) in [6.07, 6.45) is 2.16. The Labute approximate surface area is 172 Å². The second kappa shape index (κ2) is 8.87. The fourth-order valence-corrected chi connectivity index (χ4v) is 3.13. The molecule has 150 valence electrons. The maximum atomic E-state index is 12.8. The van der Waals surface area contributed by atoms with E-state index >= 15 is 0 Å².